The molecule has 1 aliphatic rings. The summed E-state index contributed by atoms with van der Waals surface area (Å²) in [5, 5.41) is 0. The first-order valence-electron chi connectivity index (χ1n) is 4.58. The normalized spacial score (nSPS) is 21.9. The fraction of sp³-hybridized carbons (Fsp3) is 0.900. The molecular weight excluding hydrogens is 148 g/mol. The molecule has 0 radical (unpaired) electrons. The van der Waals surface area contributed by atoms with Crippen molar-refractivity contribution in [3.05, 3.63) is 0 Å². The Balaban J connectivity index is 2.59. The van der Waals surface area contributed by atoms with Crippen molar-refractivity contribution in [1.82, 2.24) is 4.90 Å². The van der Waals surface area contributed by atoms with Gasteiger partial charge < -0.3 is 4.90 Å². The van der Waals surface area contributed by atoms with Crippen LogP contribution in [0.5, 0.6) is 0 Å². The first-order chi connectivity index (χ1) is 5.31. The molecule has 1 heterocycles. The highest BCUT2D eigenvalue weighted by Crippen LogP contribution is 2.24. The van der Waals surface area contributed by atoms with E-state index in [0.717, 1.165) is 13.1 Å². The van der Waals surface area contributed by atoms with E-state index < -0.39 is 0 Å². The van der Waals surface area contributed by atoms with E-state index in [4.69, 9.17) is 0 Å². The van der Waals surface area contributed by atoms with Crippen LogP contribution in [0, 0.1) is 5.41 Å². The molecular formula is C10H20N2. The molecule has 0 atom stereocenters. The van der Waals surface area contributed by atoms with E-state index >= 15 is 0 Å². The smallest absolute Gasteiger partial charge is 0.0856 e. The maximum Gasteiger partial charge on any atom is 0.0856 e. The van der Waals surface area contributed by atoms with Gasteiger partial charge in [0.1, 0.15) is 0 Å². The zero-order chi connectivity index (χ0) is 9.41. The fourth-order valence-electron chi connectivity index (χ4n) is 1.38. The Morgan fingerprint density at radius 2 is 2.00 bits per heavy atom. The third-order valence-electron chi connectivity index (χ3n) is 2.12. The van der Waals surface area contributed by atoms with Gasteiger partial charge in [0.25, 0.3) is 0 Å². The second-order valence-electron chi connectivity index (χ2n) is 5.46. The van der Waals surface area contributed by atoms with Crippen molar-refractivity contribution < 1.29 is 0 Å². The average Bonchev–Trinajstić information content (AvgIpc) is 2.07. The van der Waals surface area contributed by atoms with Gasteiger partial charge in [-0.25, -0.2) is 0 Å². The van der Waals surface area contributed by atoms with E-state index in [1.807, 2.05) is 6.34 Å². The van der Waals surface area contributed by atoms with Crippen LogP contribution < -0.4 is 0 Å². The molecule has 70 valence electrons. The van der Waals surface area contributed by atoms with Crippen molar-refractivity contribution in [2.75, 3.05) is 13.1 Å². The molecule has 0 saturated carbocycles. The topological polar surface area (TPSA) is 15.6 Å². The van der Waals surface area contributed by atoms with Gasteiger partial charge in [0, 0.05) is 6.54 Å². The summed E-state index contributed by atoms with van der Waals surface area (Å²) in [5.41, 5.74) is 0.584. The lowest BCUT2D eigenvalue weighted by Gasteiger charge is -2.36. The summed E-state index contributed by atoms with van der Waals surface area (Å²) in [7, 11) is 0. The summed E-state index contributed by atoms with van der Waals surface area (Å²) in [6, 6.07) is 0. The predicted octanol–water partition coefficient (Wildman–Crippen LogP) is 2.16. The first-order valence-corrected chi connectivity index (χ1v) is 4.58. The Kier molecular flexibility index (Phi) is 2.19. The molecule has 0 aromatic carbocycles. The van der Waals surface area contributed by atoms with Crippen LogP contribution in [-0.2, 0) is 0 Å². The lowest BCUT2D eigenvalue weighted by atomic mass is 9.93. The number of hydrogen-bond donors (Lipinski definition) is 0. The molecule has 1 aliphatic heterocycles. The van der Waals surface area contributed by atoms with Crippen LogP contribution in [0.4, 0.5) is 0 Å². The Morgan fingerprint density at radius 1 is 1.42 bits per heavy atom. The summed E-state index contributed by atoms with van der Waals surface area (Å²) in [6.07, 6.45) is 1.99. The standard InChI is InChI=1S/C10H20N2/c1-9(2,3)7-12-8-11-6-10(12,4)5/h8H,6-7H2,1-5H3. The maximum absolute atomic E-state index is 4.30. The highest BCUT2D eigenvalue weighted by molar-refractivity contribution is 5.59. The molecule has 12 heavy (non-hydrogen) atoms. The molecule has 0 aromatic heterocycles. The minimum absolute atomic E-state index is 0.229. The molecule has 0 bridgehead atoms. The second-order valence-corrected chi connectivity index (χ2v) is 5.46. The number of aliphatic imine (C=N–C) groups is 1. The molecule has 0 aliphatic carbocycles. The van der Waals surface area contributed by atoms with Gasteiger partial charge in [-0.05, 0) is 19.3 Å². The number of nitrogens with zero attached hydrogens (tertiary/aromatic N) is 2. The van der Waals surface area contributed by atoms with Gasteiger partial charge in [-0.15, -0.1) is 0 Å². The molecule has 2 heteroatoms. The van der Waals surface area contributed by atoms with Crippen molar-refractivity contribution in [1.29, 1.82) is 0 Å². The summed E-state index contributed by atoms with van der Waals surface area (Å²) in [5.74, 6) is 0. The highest BCUT2D eigenvalue weighted by atomic mass is 15.3. The van der Waals surface area contributed by atoms with Crippen LogP contribution in [0.1, 0.15) is 34.6 Å². The Hall–Kier alpha value is -0.530. The van der Waals surface area contributed by atoms with E-state index in [1.54, 1.807) is 0 Å². The van der Waals surface area contributed by atoms with Gasteiger partial charge in [-0.2, -0.15) is 0 Å². The van der Waals surface area contributed by atoms with Crippen molar-refractivity contribution >= 4 is 6.34 Å². The van der Waals surface area contributed by atoms with Crippen LogP contribution in [0.2, 0.25) is 0 Å². The van der Waals surface area contributed by atoms with E-state index in [0.29, 0.717) is 5.41 Å². The van der Waals surface area contributed by atoms with Gasteiger partial charge in [0.15, 0.2) is 0 Å². The van der Waals surface area contributed by atoms with Crippen LogP contribution in [0.3, 0.4) is 0 Å². The summed E-state index contributed by atoms with van der Waals surface area (Å²) >= 11 is 0. The van der Waals surface area contributed by atoms with E-state index in [1.165, 1.54) is 0 Å². The largest absolute Gasteiger partial charge is 0.355 e. The van der Waals surface area contributed by atoms with Gasteiger partial charge in [-0.3, -0.25) is 4.99 Å². The zero-order valence-corrected chi connectivity index (χ0v) is 8.89. The SMILES string of the molecule is CC(C)(C)CN1C=NCC1(C)C. The summed E-state index contributed by atoms with van der Waals surface area (Å²) in [4.78, 5) is 6.64. The van der Waals surface area contributed by atoms with Crippen molar-refractivity contribution in [2.24, 2.45) is 10.4 Å². The lowest BCUT2D eigenvalue weighted by Crippen LogP contribution is -2.44. The van der Waals surface area contributed by atoms with Gasteiger partial charge >= 0.3 is 0 Å². The minimum Gasteiger partial charge on any atom is -0.355 e. The number of rotatable bonds is 1. The highest BCUT2D eigenvalue weighted by Gasteiger charge is 2.30. The molecule has 0 fully saturated rings. The Bertz CT molecular complexity index is 187. The maximum atomic E-state index is 4.30. The van der Waals surface area contributed by atoms with E-state index in [-0.39, 0.29) is 5.54 Å². The van der Waals surface area contributed by atoms with Crippen LogP contribution >= 0.6 is 0 Å². The van der Waals surface area contributed by atoms with Crippen molar-refractivity contribution in [2.45, 2.75) is 40.2 Å². The first kappa shape index (κ1) is 9.56. The fourth-order valence-corrected chi connectivity index (χ4v) is 1.38. The third kappa shape index (κ3) is 2.23. The lowest BCUT2D eigenvalue weighted by molar-refractivity contribution is 0.187. The van der Waals surface area contributed by atoms with Crippen LogP contribution in [0.25, 0.3) is 0 Å². The van der Waals surface area contributed by atoms with E-state index in [9.17, 15) is 0 Å². The van der Waals surface area contributed by atoms with Gasteiger partial charge in [0.05, 0.1) is 18.4 Å². The Labute approximate surface area is 75.7 Å². The molecule has 0 aromatic rings. The summed E-state index contributed by atoms with van der Waals surface area (Å²) in [6.45, 7) is 13.3. The molecule has 2 nitrogen and oxygen atoms in total. The molecule has 0 saturated heterocycles. The van der Waals surface area contributed by atoms with Crippen LogP contribution in [-0.4, -0.2) is 29.9 Å². The second kappa shape index (κ2) is 2.75. The number of hydrogen-bond acceptors (Lipinski definition) is 2. The minimum atomic E-state index is 0.229. The predicted molar refractivity (Wildman–Crippen MR) is 53.6 cm³/mol. The van der Waals surface area contributed by atoms with E-state index in [2.05, 4.69) is 44.5 Å². The quantitative estimate of drug-likeness (QED) is 0.586. The molecule has 1 rings (SSSR count). The Morgan fingerprint density at radius 3 is 2.33 bits per heavy atom. The van der Waals surface area contributed by atoms with Gasteiger partial charge in [-0.1, -0.05) is 20.8 Å². The molecule has 0 spiro atoms. The molecule has 0 N–H and O–H groups in total. The third-order valence-corrected chi connectivity index (χ3v) is 2.12. The molecule has 0 unspecified atom stereocenters. The van der Waals surface area contributed by atoms with Crippen molar-refractivity contribution in [3.63, 3.8) is 0 Å². The summed E-state index contributed by atoms with van der Waals surface area (Å²) < 4.78 is 0. The zero-order valence-electron chi connectivity index (χ0n) is 8.89. The van der Waals surface area contributed by atoms with Gasteiger partial charge in [0.2, 0.25) is 0 Å². The average molecular weight is 168 g/mol. The van der Waals surface area contributed by atoms with Crippen LogP contribution in [0.15, 0.2) is 4.99 Å². The monoisotopic (exact) mass is 168 g/mol. The molecule has 0 amide bonds. The van der Waals surface area contributed by atoms with Crippen molar-refractivity contribution in [3.8, 4) is 0 Å².